The molecule has 0 amide bonds. The van der Waals surface area contributed by atoms with Crippen molar-refractivity contribution in [3.05, 3.63) is 24.5 Å². The van der Waals surface area contributed by atoms with E-state index >= 15 is 0 Å². The zero-order valence-corrected chi connectivity index (χ0v) is 7.78. The van der Waals surface area contributed by atoms with Crippen molar-refractivity contribution in [1.29, 1.82) is 0 Å². The monoisotopic (exact) mass is 168 g/mol. The fourth-order valence-electron chi connectivity index (χ4n) is 0.802. The van der Waals surface area contributed by atoms with Crippen molar-refractivity contribution >= 4 is 0 Å². The summed E-state index contributed by atoms with van der Waals surface area (Å²) in [6.07, 6.45) is 3.81. The number of nitrogens with one attached hydrogen (secondary N) is 1. The van der Waals surface area contributed by atoms with Crippen molar-refractivity contribution in [3.8, 4) is 0 Å². The van der Waals surface area contributed by atoms with E-state index in [4.69, 9.17) is 0 Å². The lowest BCUT2D eigenvalue weighted by molar-refractivity contribution is 0.0609. The lowest BCUT2D eigenvalue weighted by atomic mass is 10.0. The van der Waals surface area contributed by atoms with Crippen LogP contribution in [0, 0.1) is 0 Å². The van der Waals surface area contributed by atoms with Crippen LogP contribution in [0.2, 0.25) is 0 Å². The second kappa shape index (κ2) is 3.19. The molecule has 1 unspecified atom stereocenters. The topological polar surface area (TPSA) is 37.2 Å². The smallest absolute Gasteiger partial charge is 0.0804 e. The van der Waals surface area contributed by atoms with Crippen LogP contribution < -0.4 is 5.43 Å². The van der Waals surface area contributed by atoms with E-state index in [1.807, 2.05) is 36.1 Å². The number of rotatable bonds is 3. The summed E-state index contributed by atoms with van der Waals surface area (Å²) in [6, 6.07) is 3.89. The average Bonchev–Trinajstić information content (AvgIpc) is 2.37. The molecule has 1 aromatic heterocycles. The van der Waals surface area contributed by atoms with E-state index in [0.29, 0.717) is 0 Å². The van der Waals surface area contributed by atoms with Crippen molar-refractivity contribution in [3.63, 3.8) is 0 Å². The van der Waals surface area contributed by atoms with Gasteiger partial charge in [0.1, 0.15) is 0 Å². The molecule has 68 valence electrons. The Morgan fingerprint density at radius 1 is 1.33 bits per heavy atom. The van der Waals surface area contributed by atoms with Crippen LogP contribution in [0.4, 0.5) is 0 Å². The van der Waals surface area contributed by atoms with Crippen LogP contribution in [-0.4, -0.2) is 21.4 Å². The van der Waals surface area contributed by atoms with Crippen LogP contribution in [-0.2, 0) is 0 Å². The third-order valence-electron chi connectivity index (χ3n) is 2.01. The fraction of sp³-hybridized carbons (Fsp3) is 0.556. The standard InChI is InChI=1S/C9H16N2O/c1-8(9(2,3)12)10-11-6-4-5-7-11/h4-8,10,12H,1-3H3. The van der Waals surface area contributed by atoms with Gasteiger partial charge in [-0.25, -0.2) is 0 Å². The Kier molecular flexibility index (Phi) is 2.43. The van der Waals surface area contributed by atoms with E-state index in [2.05, 4.69) is 5.43 Å². The van der Waals surface area contributed by atoms with Gasteiger partial charge in [0.2, 0.25) is 0 Å². The molecule has 0 fully saturated rings. The van der Waals surface area contributed by atoms with Crippen LogP contribution in [0.1, 0.15) is 20.8 Å². The van der Waals surface area contributed by atoms with Crippen molar-refractivity contribution in [1.82, 2.24) is 4.68 Å². The minimum atomic E-state index is -0.704. The summed E-state index contributed by atoms with van der Waals surface area (Å²) >= 11 is 0. The highest BCUT2D eigenvalue weighted by atomic mass is 16.3. The predicted molar refractivity (Wildman–Crippen MR) is 49.6 cm³/mol. The first-order valence-electron chi connectivity index (χ1n) is 4.12. The number of hydrogen-bond acceptors (Lipinski definition) is 2. The van der Waals surface area contributed by atoms with Gasteiger partial charge in [-0.3, -0.25) is 4.68 Å². The molecular formula is C9H16N2O. The summed E-state index contributed by atoms with van der Waals surface area (Å²) in [7, 11) is 0. The molecule has 1 atom stereocenters. The van der Waals surface area contributed by atoms with E-state index in [-0.39, 0.29) is 6.04 Å². The molecule has 1 heterocycles. The normalized spacial score (nSPS) is 14.3. The van der Waals surface area contributed by atoms with Crippen molar-refractivity contribution in [2.75, 3.05) is 5.43 Å². The predicted octanol–water partition coefficient (Wildman–Crippen LogP) is 1.19. The Balaban J connectivity index is 2.53. The maximum absolute atomic E-state index is 9.61. The van der Waals surface area contributed by atoms with Crippen LogP contribution in [0.5, 0.6) is 0 Å². The molecule has 3 nitrogen and oxygen atoms in total. The molecule has 1 rings (SSSR count). The molecule has 0 aliphatic carbocycles. The summed E-state index contributed by atoms with van der Waals surface area (Å²) in [5.74, 6) is 0. The largest absolute Gasteiger partial charge is 0.388 e. The SMILES string of the molecule is CC(Nn1cccc1)C(C)(C)O. The lowest BCUT2D eigenvalue weighted by Gasteiger charge is -2.27. The molecule has 0 aromatic carbocycles. The molecule has 0 aliphatic heterocycles. The van der Waals surface area contributed by atoms with Crippen LogP contribution in [0.25, 0.3) is 0 Å². The summed E-state index contributed by atoms with van der Waals surface area (Å²) < 4.78 is 1.84. The van der Waals surface area contributed by atoms with Gasteiger partial charge in [-0.1, -0.05) is 0 Å². The third-order valence-corrected chi connectivity index (χ3v) is 2.01. The van der Waals surface area contributed by atoms with Crippen LogP contribution >= 0.6 is 0 Å². The first-order chi connectivity index (χ1) is 5.50. The molecule has 0 aliphatic rings. The number of hydrogen-bond donors (Lipinski definition) is 2. The Morgan fingerprint density at radius 3 is 2.25 bits per heavy atom. The first kappa shape index (κ1) is 9.13. The van der Waals surface area contributed by atoms with E-state index in [0.717, 1.165) is 0 Å². The third kappa shape index (κ3) is 2.27. The van der Waals surface area contributed by atoms with Gasteiger partial charge in [-0.15, -0.1) is 0 Å². The van der Waals surface area contributed by atoms with Crippen LogP contribution in [0.3, 0.4) is 0 Å². The molecule has 0 radical (unpaired) electrons. The van der Waals surface area contributed by atoms with Gasteiger partial charge in [0.05, 0.1) is 11.6 Å². The molecule has 0 spiro atoms. The molecule has 2 N–H and O–H groups in total. The zero-order valence-electron chi connectivity index (χ0n) is 7.78. The fourth-order valence-corrected chi connectivity index (χ4v) is 0.802. The molecule has 0 saturated heterocycles. The second-order valence-corrected chi connectivity index (χ2v) is 3.59. The van der Waals surface area contributed by atoms with E-state index < -0.39 is 5.60 Å². The molecule has 1 aromatic rings. The summed E-state index contributed by atoms with van der Waals surface area (Å²) in [5, 5.41) is 9.61. The maximum Gasteiger partial charge on any atom is 0.0804 e. The highest BCUT2D eigenvalue weighted by molar-refractivity contribution is 4.97. The van der Waals surface area contributed by atoms with Gasteiger partial charge in [0.25, 0.3) is 0 Å². The molecule has 3 heteroatoms. The molecule has 0 saturated carbocycles. The van der Waals surface area contributed by atoms with Gasteiger partial charge in [-0.2, -0.15) is 0 Å². The first-order valence-corrected chi connectivity index (χ1v) is 4.12. The number of aliphatic hydroxyl groups is 1. The lowest BCUT2D eigenvalue weighted by Crippen LogP contribution is -2.42. The highest BCUT2D eigenvalue weighted by Gasteiger charge is 2.21. The van der Waals surface area contributed by atoms with Gasteiger partial charge < -0.3 is 10.5 Å². The van der Waals surface area contributed by atoms with Gasteiger partial charge in [0.15, 0.2) is 0 Å². The maximum atomic E-state index is 9.61. The Labute approximate surface area is 73.0 Å². The van der Waals surface area contributed by atoms with E-state index in [1.54, 1.807) is 13.8 Å². The molecule has 12 heavy (non-hydrogen) atoms. The van der Waals surface area contributed by atoms with Crippen LogP contribution in [0.15, 0.2) is 24.5 Å². The summed E-state index contributed by atoms with van der Waals surface area (Å²) in [6.45, 7) is 5.52. The summed E-state index contributed by atoms with van der Waals surface area (Å²) in [4.78, 5) is 0. The minimum Gasteiger partial charge on any atom is -0.388 e. The Bertz CT molecular complexity index is 223. The Morgan fingerprint density at radius 2 is 1.83 bits per heavy atom. The van der Waals surface area contributed by atoms with E-state index in [9.17, 15) is 5.11 Å². The molecule has 0 bridgehead atoms. The highest BCUT2D eigenvalue weighted by Crippen LogP contribution is 2.08. The van der Waals surface area contributed by atoms with Crippen molar-refractivity contribution in [2.24, 2.45) is 0 Å². The number of nitrogens with zero attached hydrogens (tertiary/aromatic N) is 1. The van der Waals surface area contributed by atoms with Gasteiger partial charge in [0, 0.05) is 12.4 Å². The van der Waals surface area contributed by atoms with Gasteiger partial charge in [-0.05, 0) is 32.9 Å². The average molecular weight is 168 g/mol. The minimum absolute atomic E-state index is 0.0184. The zero-order chi connectivity index (χ0) is 9.19. The van der Waals surface area contributed by atoms with Crippen molar-refractivity contribution in [2.45, 2.75) is 32.4 Å². The number of aromatic nitrogens is 1. The second-order valence-electron chi connectivity index (χ2n) is 3.59. The van der Waals surface area contributed by atoms with Gasteiger partial charge >= 0.3 is 0 Å². The Hall–Kier alpha value is -0.960. The van der Waals surface area contributed by atoms with E-state index in [1.165, 1.54) is 0 Å². The van der Waals surface area contributed by atoms with Crippen molar-refractivity contribution < 1.29 is 5.11 Å². The quantitative estimate of drug-likeness (QED) is 0.711. The summed E-state index contributed by atoms with van der Waals surface area (Å²) in [5.41, 5.74) is 2.42. The molecular weight excluding hydrogens is 152 g/mol.